The molecule has 4 nitrogen and oxygen atoms in total. The maximum absolute atomic E-state index is 5.78. The molecule has 1 aromatic carbocycles. The summed E-state index contributed by atoms with van der Waals surface area (Å²) in [6, 6.07) is 9.13. The molecular formula is C17H28N2O2. The lowest BCUT2D eigenvalue weighted by Gasteiger charge is -2.37. The van der Waals surface area contributed by atoms with Gasteiger partial charge >= 0.3 is 0 Å². The Kier molecular flexibility index (Phi) is 6.49. The first-order valence-electron chi connectivity index (χ1n) is 8.00. The summed E-state index contributed by atoms with van der Waals surface area (Å²) in [6.07, 6.45) is 1.13. The second kappa shape index (κ2) is 8.37. The van der Waals surface area contributed by atoms with Crippen LogP contribution in [0.3, 0.4) is 0 Å². The van der Waals surface area contributed by atoms with Crippen molar-refractivity contribution in [3.8, 4) is 5.75 Å². The fraction of sp³-hybridized carbons (Fsp3) is 0.647. The zero-order chi connectivity index (χ0) is 15.1. The number of ether oxygens (including phenoxy) is 2. The zero-order valence-electron chi connectivity index (χ0n) is 13.5. The number of hydrogen-bond acceptors (Lipinski definition) is 4. The van der Waals surface area contributed by atoms with Gasteiger partial charge in [0.25, 0.3) is 0 Å². The molecule has 0 spiro atoms. The van der Waals surface area contributed by atoms with Crippen molar-refractivity contribution < 1.29 is 9.47 Å². The monoisotopic (exact) mass is 292 g/mol. The normalized spacial score (nSPS) is 21.2. The second-order valence-electron chi connectivity index (χ2n) is 5.44. The smallest absolute Gasteiger partial charge is 0.124 e. The Morgan fingerprint density at radius 2 is 2.19 bits per heavy atom. The van der Waals surface area contributed by atoms with Crippen molar-refractivity contribution in [1.82, 2.24) is 10.2 Å². The molecule has 2 unspecified atom stereocenters. The summed E-state index contributed by atoms with van der Waals surface area (Å²) in [5.41, 5.74) is 1.24. The van der Waals surface area contributed by atoms with Gasteiger partial charge in [0.15, 0.2) is 0 Å². The molecule has 2 rings (SSSR count). The summed E-state index contributed by atoms with van der Waals surface area (Å²) in [4.78, 5) is 2.54. The molecule has 1 N–H and O–H groups in total. The van der Waals surface area contributed by atoms with Crippen LogP contribution in [0.15, 0.2) is 24.3 Å². The van der Waals surface area contributed by atoms with Crippen molar-refractivity contribution in [2.45, 2.75) is 32.4 Å². The Morgan fingerprint density at radius 1 is 1.38 bits per heavy atom. The maximum Gasteiger partial charge on any atom is 0.124 e. The molecule has 0 amide bonds. The van der Waals surface area contributed by atoms with Crippen LogP contribution in [-0.4, -0.2) is 50.9 Å². The topological polar surface area (TPSA) is 33.7 Å². The highest BCUT2D eigenvalue weighted by Crippen LogP contribution is 2.26. The summed E-state index contributed by atoms with van der Waals surface area (Å²) < 4.78 is 11.4. The van der Waals surface area contributed by atoms with Crippen LogP contribution in [0, 0.1) is 0 Å². The van der Waals surface area contributed by atoms with Crippen LogP contribution in [0.25, 0.3) is 0 Å². The highest BCUT2D eigenvalue weighted by molar-refractivity contribution is 5.36. The number of morpholine rings is 1. The summed E-state index contributed by atoms with van der Waals surface area (Å²) in [5, 5.41) is 3.45. The van der Waals surface area contributed by atoms with Crippen LogP contribution in [0.5, 0.6) is 5.75 Å². The van der Waals surface area contributed by atoms with Crippen molar-refractivity contribution >= 4 is 0 Å². The Bertz CT molecular complexity index is 425. The molecule has 1 aliphatic rings. The molecule has 2 atom stereocenters. The van der Waals surface area contributed by atoms with Gasteiger partial charge in [-0.05, 0) is 26.5 Å². The number of nitrogens with one attached hydrogen (secondary N) is 1. The summed E-state index contributed by atoms with van der Waals surface area (Å²) >= 11 is 0. The van der Waals surface area contributed by atoms with Gasteiger partial charge in [0, 0.05) is 30.7 Å². The van der Waals surface area contributed by atoms with E-state index >= 15 is 0 Å². The molecule has 1 aromatic rings. The number of hydrogen-bond donors (Lipinski definition) is 1. The average Bonchev–Trinajstić information content (AvgIpc) is 2.54. The predicted octanol–water partition coefficient (Wildman–Crippen LogP) is 2.46. The standard InChI is InChI=1S/C17H28N2O2/c1-4-14-13-20-11-10-19(14)12-16(18-3)15-8-6-7-9-17(15)21-5-2/h6-9,14,16,18H,4-5,10-13H2,1-3H3. The highest BCUT2D eigenvalue weighted by Gasteiger charge is 2.25. The second-order valence-corrected chi connectivity index (χ2v) is 5.44. The minimum atomic E-state index is 0.278. The van der Waals surface area contributed by atoms with E-state index < -0.39 is 0 Å². The summed E-state index contributed by atoms with van der Waals surface area (Å²) in [7, 11) is 2.02. The van der Waals surface area contributed by atoms with E-state index in [1.54, 1.807) is 0 Å². The van der Waals surface area contributed by atoms with Crippen LogP contribution < -0.4 is 10.1 Å². The van der Waals surface area contributed by atoms with Gasteiger partial charge < -0.3 is 14.8 Å². The highest BCUT2D eigenvalue weighted by atomic mass is 16.5. The van der Waals surface area contributed by atoms with Crippen molar-refractivity contribution in [3.05, 3.63) is 29.8 Å². The van der Waals surface area contributed by atoms with E-state index in [2.05, 4.69) is 35.3 Å². The van der Waals surface area contributed by atoms with Gasteiger partial charge in [-0.25, -0.2) is 0 Å². The molecule has 0 bridgehead atoms. The van der Waals surface area contributed by atoms with Crippen molar-refractivity contribution in [3.63, 3.8) is 0 Å². The fourth-order valence-electron chi connectivity index (χ4n) is 2.94. The van der Waals surface area contributed by atoms with E-state index in [4.69, 9.17) is 9.47 Å². The lowest BCUT2D eigenvalue weighted by Crippen LogP contribution is -2.48. The molecule has 0 radical (unpaired) electrons. The minimum Gasteiger partial charge on any atom is -0.494 e. The third-order valence-corrected chi connectivity index (χ3v) is 4.18. The Balaban J connectivity index is 2.12. The van der Waals surface area contributed by atoms with Crippen LogP contribution in [-0.2, 0) is 4.74 Å². The van der Waals surface area contributed by atoms with E-state index in [9.17, 15) is 0 Å². The summed E-state index contributed by atoms with van der Waals surface area (Å²) in [6.45, 7) is 8.63. The first-order chi connectivity index (χ1) is 10.3. The molecular weight excluding hydrogens is 264 g/mol. The van der Waals surface area contributed by atoms with Crippen LogP contribution in [0.2, 0.25) is 0 Å². The number of benzene rings is 1. The lowest BCUT2D eigenvalue weighted by atomic mass is 10.0. The van der Waals surface area contributed by atoms with Gasteiger partial charge in [0.05, 0.1) is 19.8 Å². The minimum absolute atomic E-state index is 0.278. The maximum atomic E-state index is 5.78. The van der Waals surface area contributed by atoms with Crippen molar-refractivity contribution in [2.24, 2.45) is 0 Å². The molecule has 1 aliphatic heterocycles. The SMILES string of the molecule is CCOc1ccccc1C(CN1CCOCC1CC)NC. The van der Waals surface area contributed by atoms with Crippen LogP contribution in [0.4, 0.5) is 0 Å². The first kappa shape index (κ1) is 16.3. The predicted molar refractivity (Wildman–Crippen MR) is 85.9 cm³/mol. The van der Waals surface area contributed by atoms with E-state index in [0.717, 1.165) is 38.5 Å². The van der Waals surface area contributed by atoms with Crippen LogP contribution >= 0.6 is 0 Å². The Morgan fingerprint density at radius 3 is 2.90 bits per heavy atom. The third kappa shape index (κ3) is 4.19. The first-order valence-corrected chi connectivity index (χ1v) is 8.00. The Hall–Kier alpha value is -1.10. The van der Waals surface area contributed by atoms with Gasteiger partial charge in [0.2, 0.25) is 0 Å². The van der Waals surface area contributed by atoms with Gasteiger partial charge in [-0.15, -0.1) is 0 Å². The number of likely N-dealkylation sites (N-methyl/N-ethyl adjacent to an activating group) is 1. The molecule has 0 saturated carbocycles. The number of rotatable bonds is 7. The van der Waals surface area contributed by atoms with Gasteiger partial charge in [-0.2, -0.15) is 0 Å². The molecule has 118 valence electrons. The third-order valence-electron chi connectivity index (χ3n) is 4.18. The molecule has 0 aliphatic carbocycles. The number of para-hydroxylation sites is 1. The van der Waals surface area contributed by atoms with Crippen molar-refractivity contribution in [2.75, 3.05) is 40.0 Å². The van der Waals surface area contributed by atoms with E-state index in [-0.39, 0.29) is 6.04 Å². The lowest BCUT2D eigenvalue weighted by molar-refractivity contribution is -0.0125. The largest absolute Gasteiger partial charge is 0.494 e. The van der Waals surface area contributed by atoms with E-state index in [1.165, 1.54) is 5.56 Å². The average molecular weight is 292 g/mol. The molecule has 1 saturated heterocycles. The molecule has 21 heavy (non-hydrogen) atoms. The molecule has 1 heterocycles. The van der Waals surface area contributed by atoms with E-state index in [1.807, 2.05) is 20.0 Å². The number of nitrogens with zero attached hydrogens (tertiary/aromatic N) is 1. The van der Waals surface area contributed by atoms with E-state index in [0.29, 0.717) is 12.6 Å². The quantitative estimate of drug-likeness (QED) is 0.837. The van der Waals surface area contributed by atoms with Gasteiger partial charge in [-0.3, -0.25) is 4.90 Å². The summed E-state index contributed by atoms with van der Waals surface area (Å²) in [5.74, 6) is 0.987. The molecule has 4 heteroatoms. The van der Waals surface area contributed by atoms with Crippen molar-refractivity contribution in [1.29, 1.82) is 0 Å². The molecule has 0 aromatic heterocycles. The Labute approximate surface area is 128 Å². The van der Waals surface area contributed by atoms with Gasteiger partial charge in [0.1, 0.15) is 5.75 Å². The van der Waals surface area contributed by atoms with Gasteiger partial charge in [-0.1, -0.05) is 25.1 Å². The zero-order valence-corrected chi connectivity index (χ0v) is 13.5. The van der Waals surface area contributed by atoms with Crippen LogP contribution in [0.1, 0.15) is 31.9 Å². The fourth-order valence-corrected chi connectivity index (χ4v) is 2.94. The molecule has 1 fully saturated rings.